The van der Waals surface area contributed by atoms with Crippen molar-refractivity contribution in [2.75, 3.05) is 5.32 Å². The van der Waals surface area contributed by atoms with Crippen LogP contribution in [0.4, 0.5) is 5.82 Å². The number of rotatable bonds is 4. The lowest BCUT2D eigenvalue weighted by Crippen LogP contribution is -2.13. The smallest absolute Gasteiger partial charge is 0.277 e. The van der Waals surface area contributed by atoms with Crippen LogP contribution in [0.25, 0.3) is 16.9 Å². The molecule has 6 nitrogen and oxygen atoms in total. The Balaban J connectivity index is 1.69. The minimum atomic E-state index is -0.367. The van der Waals surface area contributed by atoms with E-state index in [2.05, 4.69) is 15.6 Å². The standard InChI is InChI=1S/C23H21ClN4O2/c1-23(2,3)20-14-21(27-30-20)25-22(29)18-13-19(15-7-5-4-6-8-15)28(26-18)17-11-9-16(24)10-12-17/h4-14H,1-3H3,(H,25,27,29). The molecule has 152 valence electrons. The SMILES string of the molecule is CC(C)(C)c1cc(NC(=O)c2cc(-c3ccccc3)n(-c3ccc(Cl)cc3)n2)no1. The number of nitrogens with one attached hydrogen (secondary N) is 1. The molecule has 1 amide bonds. The highest BCUT2D eigenvalue weighted by molar-refractivity contribution is 6.30. The van der Waals surface area contributed by atoms with Crippen molar-refractivity contribution in [3.05, 3.63) is 83.2 Å². The molecule has 0 saturated carbocycles. The lowest BCUT2D eigenvalue weighted by atomic mass is 9.93. The van der Waals surface area contributed by atoms with Gasteiger partial charge in [0, 0.05) is 22.1 Å². The van der Waals surface area contributed by atoms with Gasteiger partial charge >= 0.3 is 0 Å². The molecule has 2 aromatic heterocycles. The molecule has 0 atom stereocenters. The van der Waals surface area contributed by atoms with E-state index < -0.39 is 0 Å². The number of hydrogen-bond acceptors (Lipinski definition) is 4. The minimum Gasteiger partial charge on any atom is -0.359 e. The Labute approximate surface area is 179 Å². The van der Waals surface area contributed by atoms with Gasteiger partial charge in [0.25, 0.3) is 5.91 Å². The fraction of sp³-hybridized carbons (Fsp3) is 0.174. The highest BCUT2D eigenvalue weighted by Crippen LogP contribution is 2.27. The third-order valence-electron chi connectivity index (χ3n) is 4.57. The highest BCUT2D eigenvalue weighted by Gasteiger charge is 2.22. The largest absolute Gasteiger partial charge is 0.359 e. The van der Waals surface area contributed by atoms with Crippen LogP contribution >= 0.6 is 11.6 Å². The van der Waals surface area contributed by atoms with E-state index in [1.165, 1.54) is 0 Å². The van der Waals surface area contributed by atoms with E-state index in [4.69, 9.17) is 16.1 Å². The van der Waals surface area contributed by atoms with E-state index >= 15 is 0 Å². The normalized spacial score (nSPS) is 11.5. The Kier molecular flexibility index (Phi) is 5.18. The van der Waals surface area contributed by atoms with Gasteiger partial charge in [-0.1, -0.05) is 67.9 Å². The second-order valence-electron chi connectivity index (χ2n) is 7.95. The fourth-order valence-electron chi connectivity index (χ4n) is 2.95. The minimum absolute atomic E-state index is 0.202. The van der Waals surface area contributed by atoms with Crippen LogP contribution in [0.5, 0.6) is 0 Å². The van der Waals surface area contributed by atoms with Gasteiger partial charge in [-0.15, -0.1) is 0 Å². The monoisotopic (exact) mass is 420 g/mol. The summed E-state index contributed by atoms with van der Waals surface area (Å²) in [4.78, 5) is 12.9. The summed E-state index contributed by atoms with van der Waals surface area (Å²) in [7, 11) is 0. The maximum absolute atomic E-state index is 12.9. The van der Waals surface area contributed by atoms with Gasteiger partial charge in [0.05, 0.1) is 11.4 Å². The van der Waals surface area contributed by atoms with Crippen molar-refractivity contribution in [2.24, 2.45) is 0 Å². The first-order chi connectivity index (χ1) is 14.3. The van der Waals surface area contributed by atoms with Gasteiger partial charge in [-0.25, -0.2) is 4.68 Å². The molecule has 0 fully saturated rings. The molecule has 0 aliphatic carbocycles. The van der Waals surface area contributed by atoms with Crippen molar-refractivity contribution in [1.82, 2.24) is 14.9 Å². The number of hydrogen-bond donors (Lipinski definition) is 1. The van der Waals surface area contributed by atoms with Gasteiger partial charge in [0.15, 0.2) is 11.5 Å². The lowest BCUT2D eigenvalue weighted by Gasteiger charge is -2.11. The molecule has 4 aromatic rings. The van der Waals surface area contributed by atoms with Gasteiger partial charge in [-0.2, -0.15) is 5.10 Å². The van der Waals surface area contributed by atoms with Crippen LogP contribution in [0, 0.1) is 0 Å². The van der Waals surface area contributed by atoms with Crippen LogP contribution in [0.1, 0.15) is 37.0 Å². The number of anilines is 1. The van der Waals surface area contributed by atoms with E-state index in [0.717, 1.165) is 16.9 Å². The van der Waals surface area contributed by atoms with Gasteiger partial charge in [-0.05, 0) is 30.3 Å². The van der Waals surface area contributed by atoms with Gasteiger partial charge in [-0.3, -0.25) is 4.79 Å². The Bertz CT molecular complexity index is 1170. The molecule has 0 saturated heterocycles. The molecule has 0 bridgehead atoms. The average molecular weight is 421 g/mol. The highest BCUT2D eigenvalue weighted by atomic mass is 35.5. The molecule has 0 radical (unpaired) electrons. The quantitative estimate of drug-likeness (QED) is 0.457. The van der Waals surface area contributed by atoms with Gasteiger partial charge < -0.3 is 9.84 Å². The predicted molar refractivity (Wildman–Crippen MR) is 117 cm³/mol. The molecule has 1 N–H and O–H groups in total. The summed E-state index contributed by atoms with van der Waals surface area (Å²) in [6.45, 7) is 6.04. The molecule has 4 rings (SSSR count). The Morgan fingerprint density at radius 3 is 2.37 bits per heavy atom. The van der Waals surface area contributed by atoms with Crippen molar-refractivity contribution < 1.29 is 9.32 Å². The van der Waals surface area contributed by atoms with Gasteiger partial charge in [0.2, 0.25) is 0 Å². The molecule has 7 heteroatoms. The second kappa shape index (κ2) is 7.80. The first kappa shape index (κ1) is 19.9. The number of benzene rings is 2. The van der Waals surface area contributed by atoms with Crippen LogP contribution in [-0.2, 0) is 5.41 Å². The summed E-state index contributed by atoms with van der Waals surface area (Å²) >= 11 is 6.03. The molecular weight excluding hydrogens is 400 g/mol. The maximum Gasteiger partial charge on any atom is 0.277 e. The third-order valence-corrected chi connectivity index (χ3v) is 4.83. The molecule has 2 aromatic carbocycles. The van der Waals surface area contributed by atoms with E-state index in [1.54, 1.807) is 28.9 Å². The van der Waals surface area contributed by atoms with E-state index in [9.17, 15) is 4.79 Å². The third kappa shape index (κ3) is 4.14. The topological polar surface area (TPSA) is 73.0 Å². The summed E-state index contributed by atoms with van der Waals surface area (Å²) in [6.07, 6.45) is 0. The number of amides is 1. The Morgan fingerprint density at radius 2 is 1.73 bits per heavy atom. The summed E-state index contributed by atoms with van der Waals surface area (Å²) < 4.78 is 7.07. The summed E-state index contributed by atoms with van der Waals surface area (Å²) in [5.74, 6) is 0.676. The second-order valence-corrected chi connectivity index (χ2v) is 8.39. The first-order valence-corrected chi connectivity index (χ1v) is 9.89. The molecular formula is C23H21ClN4O2. The van der Waals surface area contributed by atoms with Crippen LogP contribution in [-0.4, -0.2) is 20.8 Å². The van der Waals surface area contributed by atoms with Gasteiger partial charge in [0.1, 0.15) is 5.76 Å². The van der Waals surface area contributed by atoms with Crippen LogP contribution in [0.15, 0.2) is 71.3 Å². The zero-order valence-corrected chi connectivity index (χ0v) is 17.6. The summed E-state index contributed by atoms with van der Waals surface area (Å²) in [5, 5.41) is 11.9. The van der Waals surface area contributed by atoms with Crippen LogP contribution in [0.3, 0.4) is 0 Å². The average Bonchev–Trinajstić information content (AvgIpc) is 3.36. The number of halogens is 1. The molecule has 0 unspecified atom stereocenters. The predicted octanol–water partition coefficient (Wildman–Crippen LogP) is 5.73. The van der Waals surface area contributed by atoms with Crippen molar-refractivity contribution in [1.29, 1.82) is 0 Å². The molecule has 30 heavy (non-hydrogen) atoms. The summed E-state index contributed by atoms with van der Waals surface area (Å²) in [6, 6.07) is 20.5. The van der Waals surface area contributed by atoms with E-state index in [1.807, 2.05) is 63.2 Å². The van der Waals surface area contributed by atoms with Crippen molar-refractivity contribution in [3.63, 3.8) is 0 Å². The first-order valence-electron chi connectivity index (χ1n) is 9.51. The zero-order valence-electron chi connectivity index (χ0n) is 16.9. The molecule has 0 aliphatic heterocycles. The number of carbonyl (C=O) groups is 1. The van der Waals surface area contributed by atoms with Crippen molar-refractivity contribution >= 4 is 23.3 Å². The maximum atomic E-state index is 12.9. The van der Waals surface area contributed by atoms with Crippen LogP contribution in [0.2, 0.25) is 5.02 Å². The van der Waals surface area contributed by atoms with Crippen LogP contribution < -0.4 is 5.32 Å². The van der Waals surface area contributed by atoms with Crippen molar-refractivity contribution in [3.8, 4) is 16.9 Å². The zero-order chi connectivity index (χ0) is 21.3. The number of aromatic nitrogens is 3. The number of nitrogens with zero attached hydrogens (tertiary/aromatic N) is 3. The van der Waals surface area contributed by atoms with E-state index in [0.29, 0.717) is 16.6 Å². The fourth-order valence-corrected chi connectivity index (χ4v) is 3.08. The van der Waals surface area contributed by atoms with Crippen molar-refractivity contribution in [2.45, 2.75) is 26.2 Å². The molecule has 0 spiro atoms. The Morgan fingerprint density at radius 1 is 1.03 bits per heavy atom. The lowest BCUT2D eigenvalue weighted by molar-refractivity contribution is 0.102. The summed E-state index contributed by atoms with van der Waals surface area (Å²) in [5.41, 5.74) is 2.60. The molecule has 0 aliphatic rings. The van der Waals surface area contributed by atoms with E-state index in [-0.39, 0.29) is 17.0 Å². The Hall–Kier alpha value is -3.38. The molecule has 2 heterocycles. The number of carbonyl (C=O) groups excluding carboxylic acids is 1.